The summed E-state index contributed by atoms with van der Waals surface area (Å²) in [6.45, 7) is 3.41. The number of carbonyl (C=O) groups excluding carboxylic acids is 1. The Labute approximate surface area is 173 Å². The van der Waals surface area contributed by atoms with Crippen molar-refractivity contribution in [1.29, 1.82) is 0 Å². The number of amides is 1. The normalized spacial score (nSPS) is 13.9. The van der Waals surface area contributed by atoms with Gasteiger partial charge in [-0.2, -0.15) is 10.1 Å². The Balaban J connectivity index is 1.57. The summed E-state index contributed by atoms with van der Waals surface area (Å²) in [5.41, 5.74) is 2.12. The summed E-state index contributed by atoms with van der Waals surface area (Å²) in [5.74, 6) is 0.124. The molecule has 3 heterocycles. The monoisotopic (exact) mass is 410 g/mol. The quantitative estimate of drug-likeness (QED) is 0.693. The van der Waals surface area contributed by atoms with E-state index < -0.39 is 5.82 Å². The first kappa shape index (κ1) is 19.8. The first-order valence-corrected chi connectivity index (χ1v) is 9.83. The molecule has 156 valence electrons. The third kappa shape index (κ3) is 4.24. The number of aromatic nitrogens is 4. The molecule has 0 aliphatic carbocycles. The van der Waals surface area contributed by atoms with Crippen LogP contribution in [0, 0.1) is 12.7 Å². The van der Waals surface area contributed by atoms with Crippen LogP contribution in [0.5, 0.6) is 5.75 Å². The Morgan fingerprint density at radius 3 is 2.73 bits per heavy atom. The fourth-order valence-corrected chi connectivity index (χ4v) is 3.47. The van der Waals surface area contributed by atoms with Crippen molar-refractivity contribution in [3.63, 3.8) is 0 Å². The topological polar surface area (TPSA) is 85.2 Å². The van der Waals surface area contributed by atoms with E-state index in [0.717, 1.165) is 44.1 Å². The number of hydrogen-bond acceptors (Lipinski definition) is 6. The predicted molar refractivity (Wildman–Crippen MR) is 110 cm³/mol. The van der Waals surface area contributed by atoms with Crippen molar-refractivity contribution in [2.45, 2.75) is 26.2 Å². The molecule has 1 N–H and O–H groups in total. The maximum absolute atomic E-state index is 14.4. The van der Waals surface area contributed by atoms with E-state index in [1.165, 1.54) is 17.1 Å². The lowest BCUT2D eigenvalue weighted by molar-refractivity contribution is 0.0724. The smallest absolute Gasteiger partial charge is 0.257 e. The molecule has 2 aromatic heterocycles. The first-order chi connectivity index (χ1) is 14.5. The number of benzene rings is 1. The van der Waals surface area contributed by atoms with Gasteiger partial charge in [-0.3, -0.25) is 4.79 Å². The molecule has 1 amide bonds. The summed E-state index contributed by atoms with van der Waals surface area (Å²) in [6.07, 6.45) is 7.15. The molecule has 1 aliphatic rings. The van der Waals surface area contributed by atoms with Crippen molar-refractivity contribution in [3.8, 4) is 11.6 Å². The van der Waals surface area contributed by atoms with E-state index in [-0.39, 0.29) is 17.7 Å². The zero-order valence-electron chi connectivity index (χ0n) is 16.9. The number of halogens is 1. The van der Waals surface area contributed by atoms with E-state index in [1.807, 2.05) is 19.1 Å². The molecule has 0 bridgehead atoms. The standard InChI is InChI=1S/C21H23FN6O2/c1-14-8-16(10-17(9-14)30-2)25-21-23-12-18(22)19(26-21)28-13-15(11-24-28)20(29)27-6-4-3-5-7-27/h8-13H,3-7H2,1-2H3,(H,23,25,26). The van der Waals surface area contributed by atoms with Crippen LogP contribution in [0.1, 0.15) is 35.2 Å². The molecule has 9 heteroatoms. The lowest BCUT2D eigenvalue weighted by Crippen LogP contribution is -2.35. The first-order valence-electron chi connectivity index (χ1n) is 9.83. The number of piperidine rings is 1. The average molecular weight is 410 g/mol. The molecule has 0 unspecified atom stereocenters. The highest BCUT2D eigenvalue weighted by atomic mass is 19.1. The van der Waals surface area contributed by atoms with Gasteiger partial charge < -0.3 is 15.0 Å². The minimum Gasteiger partial charge on any atom is -0.497 e. The number of nitrogens with one attached hydrogen (secondary N) is 1. The molecule has 1 fully saturated rings. The van der Waals surface area contributed by atoms with Crippen LogP contribution in [-0.4, -0.2) is 50.8 Å². The molecule has 1 aliphatic heterocycles. The van der Waals surface area contributed by atoms with E-state index >= 15 is 0 Å². The van der Waals surface area contributed by atoms with Gasteiger partial charge in [0.25, 0.3) is 5.91 Å². The van der Waals surface area contributed by atoms with Gasteiger partial charge in [-0.15, -0.1) is 0 Å². The molecule has 30 heavy (non-hydrogen) atoms. The van der Waals surface area contributed by atoms with Crippen molar-refractivity contribution in [2.24, 2.45) is 0 Å². The minimum atomic E-state index is -0.637. The van der Waals surface area contributed by atoms with Crippen molar-refractivity contribution >= 4 is 17.5 Å². The molecular formula is C21H23FN6O2. The largest absolute Gasteiger partial charge is 0.497 e. The number of methoxy groups -OCH3 is 1. The molecular weight excluding hydrogens is 387 g/mol. The SMILES string of the molecule is COc1cc(C)cc(Nc2ncc(F)c(-n3cc(C(=O)N4CCCCC4)cn3)n2)c1. The molecule has 0 atom stereocenters. The van der Waals surface area contributed by atoms with Crippen LogP contribution in [0.15, 0.2) is 36.8 Å². The van der Waals surface area contributed by atoms with Gasteiger partial charge in [0.1, 0.15) is 5.75 Å². The molecule has 3 aromatic rings. The second-order valence-electron chi connectivity index (χ2n) is 7.26. The Kier molecular flexibility index (Phi) is 5.60. The fraction of sp³-hybridized carbons (Fsp3) is 0.333. The van der Waals surface area contributed by atoms with E-state index in [0.29, 0.717) is 17.0 Å². The summed E-state index contributed by atoms with van der Waals surface area (Å²) < 4.78 is 20.9. The second kappa shape index (κ2) is 8.48. The second-order valence-corrected chi connectivity index (χ2v) is 7.26. The molecule has 1 saturated heterocycles. The van der Waals surface area contributed by atoms with Crippen molar-refractivity contribution in [1.82, 2.24) is 24.6 Å². The van der Waals surface area contributed by atoms with Crippen LogP contribution in [0.25, 0.3) is 5.82 Å². The summed E-state index contributed by atoms with van der Waals surface area (Å²) in [6, 6.07) is 5.59. The highest BCUT2D eigenvalue weighted by molar-refractivity contribution is 5.93. The number of anilines is 2. The zero-order chi connectivity index (χ0) is 21.1. The number of nitrogens with zero attached hydrogens (tertiary/aromatic N) is 5. The Bertz CT molecular complexity index is 1060. The fourth-order valence-electron chi connectivity index (χ4n) is 3.47. The minimum absolute atomic E-state index is 0.0372. The molecule has 8 nitrogen and oxygen atoms in total. The summed E-state index contributed by atoms with van der Waals surface area (Å²) in [7, 11) is 1.59. The number of likely N-dealkylation sites (tertiary alicyclic amines) is 1. The molecule has 0 radical (unpaired) electrons. The zero-order valence-corrected chi connectivity index (χ0v) is 16.9. The third-order valence-corrected chi connectivity index (χ3v) is 4.96. The van der Waals surface area contributed by atoms with Gasteiger partial charge in [-0.1, -0.05) is 0 Å². The maximum atomic E-state index is 14.4. The third-order valence-electron chi connectivity index (χ3n) is 4.96. The van der Waals surface area contributed by atoms with Gasteiger partial charge >= 0.3 is 0 Å². The average Bonchev–Trinajstić information content (AvgIpc) is 3.24. The summed E-state index contributed by atoms with van der Waals surface area (Å²) in [5, 5.41) is 7.20. The van der Waals surface area contributed by atoms with Crippen LogP contribution in [0.2, 0.25) is 0 Å². The Morgan fingerprint density at radius 1 is 1.17 bits per heavy atom. The van der Waals surface area contributed by atoms with Gasteiger partial charge in [0, 0.05) is 31.0 Å². The van der Waals surface area contributed by atoms with Gasteiger partial charge in [-0.25, -0.2) is 14.1 Å². The number of aryl methyl sites for hydroxylation is 1. The van der Waals surface area contributed by atoms with E-state index in [1.54, 1.807) is 18.1 Å². The number of rotatable bonds is 5. The van der Waals surface area contributed by atoms with Crippen LogP contribution >= 0.6 is 0 Å². The Morgan fingerprint density at radius 2 is 1.97 bits per heavy atom. The van der Waals surface area contributed by atoms with Crippen LogP contribution in [0.4, 0.5) is 16.0 Å². The predicted octanol–water partition coefficient (Wildman–Crippen LogP) is 3.49. The Hall–Kier alpha value is -3.49. The number of hydrogen-bond donors (Lipinski definition) is 1. The van der Waals surface area contributed by atoms with Crippen molar-refractivity contribution < 1.29 is 13.9 Å². The number of carbonyl (C=O) groups is 1. The van der Waals surface area contributed by atoms with Gasteiger partial charge in [-0.05, 0) is 43.9 Å². The van der Waals surface area contributed by atoms with E-state index in [9.17, 15) is 9.18 Å². The molecule has 1 aromatic carbocycles. The van der Waals surface area contributed by atoms with E-state index in [2.05, 4.69) is 20.4 Å². The lowest BCUT2D eigenvalue weighted by atomic mass is 10.1. The molecule has 0 spiro atoms. The van der Waals surface area contributed by atoms with Gasteiger partial charge in [0.05, 0.1) is 25.1 Å². The molecule has 4 rings (SSSR count). The van der Waals surface area contributed by atoms with Crippen molar-refractivity contribution in [3.05, 3.63) is 53.7 Å². The van der Waals surface area contributed by atoms with Crippen LogP contribution in [-0.2, 0) is 0 Å². The highest BCUT2D eigenvalue weighted by Gasteiger charge is 2.20. The van der Waals surface area contributed by atoms with Crippen LogP contribution in [0.3, 0.4) is 0 Å². The number of ether oxygens (including phenoxy) is 1. The van der Waals surface area contributed by atoms with E-state index in [4.69, 9.17) is 4.74 Å². The maximum Gasteiger partial charge on any atom is 0.257 e. The summed E-state index contributed by atoms with van der Waals surface area (Å²) in [4.78, 5) is 22.7. The van der Waals surface area contributed by atoms with Crippen LogP contribution < -0.4 is 10.1 Å². The lowest BCUT2D eigenvalue weighted by Gasteiger charge is -2.26. The van der Waals surface area contributed by atoms with Gasteiger partial charge in [0.15, 0.2) is 11.6 Å². The molecule has 0 saturated carbocycles. The van der Waals surface area contributed by atoms with Gasteiger partial charge in [0.2, 0.25) is 5.95 Å². The summed E-state index contributed by atoms with van der Waals surface area (Å²) >= 11 is 0. The van der Waals surface area contributed by atoms with Crippen molar-refractivity contribution in [2.75, 3.05) is 25.5 Å². The highest BCUT2D eigenvalue weighted by Crippen LogP contribution is 2.23.